The Kier molecular flexibility index (Phi) is 4.12. The number of carbonyl (C=O) groups excluding carboxylic acids is 1. The van der Waals surface area contributed by atoms with Crippen LogP contribution in [0, 0.1) is 6.92 Å². The molecule has 2 aromatic rings. The van der Waals surface area contributed by atoms with Crippen molar-refractivity contribution in [1.82, 2.24) is 0 Å². The maximum Gasteiger partial charge on any atom is 0.257 e. The number of amides is 1. The van der Waals surface area contributed by atoms with Crippen LogP contribution in [0.3, 0.4) is 0 Å². The van der Waals surface area contributed by atoms with Crippen molar-refractivity contribution in [1.29, 1.82) is 0 Å². The van der Waals surface area contributed by atoms with Crippen molar-refractivity contribution in [3.8, 4) is 0 Å². The molecule has 2 rings (SSSR count). The molecule has 5 heteroatoms. The molecular weight excluding hydrogens is 328 g/mol. The number of rotatable bonds is 2. The molecule has 1 amide bonds. The van der Waals surface area contributed by atoms with Crippen LogP contribution in [-0.4, -0.2) is 5.91 Å². The second-order valence-corrected chi connectivity index (χ2v) is 5.47. The van der Waals surface area contributed by atoms with Crippen LogP contribution in [0.15, 0.2) is 40.9 Å². The zero-order chi connectivity index (χ0) is 14.0. The average molecular weight is 340 g/mol. The molecular formula is C14H12BrClN2O. The summed E-state index contributed by atoms with van der Waals surface area (Å²) in [6.07, 6.45) is 0. The van der Waals surface area contributed by atoms with E-state index in [-0.39, 0.29) is 5.91 Å². The van der Waals surface area contributed by atoms with Crippen LogP contribution in [0.4, 0.5) is 11.4 Å². The highest BCUT2D eigenvalue weighted by atomic mass is 79.9. The molecule has 0 heterocycles. The van der Waals surface area contributed by atoms with E-state index in [2.05, 4.69) is 21.2 Å². The third-order valence-electron chi connectivity index (χ3n) is 2.70. The van der Waals surface area contributed by atoms with E-state index in [0.717, 1.165) is 10.0 Å². The third-order valence-corrected chi connectivity index (χ3v) is 3.52. The van der Waals surface area contributed by atoms with Gasteiger partial charge in [-0.05, 0) is 48.9 Å². The first-order valence-corrected chi connectivity index (χ1v) is 6.77. The van der Waals surface area contributed by atoms with Gasteiger partial charge in [0, 0.05) is 15.8 Å². The highest BCUT2D eigenvalue weighted by Gasteiger charge is 2.11. The van der Waals surface area contributed by atoms with Gasteiger partial charge >= 0.3 is 0 Å². The molecule has 0 aromatic heterocycles. The Balaban J connectivity index is 2.25. The van der Waals surface area contributed by atoms with Crippen LogP contribution in [0.1, 0.15) is 15.9 Å². The Morgan fingerprint density at radius 3 is 2.68 bits per heavy atom. The lowest BCUT2D eigenvalue weighted by Gasteiger charge is -2.09. The van der Waals surface area contributed by atoms with Crippen molar-refractivity contribution in [3.05, 3.63) is 57.0 Å². The van der Waals surface area contributed by atoms with Crippen LogP contribution >= 0.6 is 27.5 Å². The topological polar surface area (TPSA) is 55.1 Å². The Labute approximate surface area is 124 Å². The third kappa shape index (κ3) is 3.28. The maximum atomic E-state index is 12.1. The maximum absolute atomic E-state index is 12.1. The highest BCUT2D eigenvalue weighted by molar-refractivity contribution is 9.10. The SMILES string of the molecule is Cc1cc(NC(=O)c2cc(Br)ccc2Cl)ccc1N. The van der Waals surface area contributed by atoms with Crippen molar-refractivity contribution in [3.63, 3.8) is 0 Å². The number of aryl methyl sites for hydroxylation is 1. The molecule has 98 valence electrons. The number of halogens is 2. The first-order chi connectivity index (χ1) is 8.97. The number of hydrogen-bond acceptors (Lipinski definition) is 2. The van der Waals surface area contributed by atoms with Gasteiger partial charge in [-0.2, -0.15) is 0 Å². The monoisotopic (exact) mass is 338 g/mol. The Morgan fingerprint density at radius 1 is 1.26 bits per heavy atom. The summed E-state index contributed by atoms with van der Waals surface area (Å²) in [5, 5.41) is 3.20. The molecule has 0 unspecified atom stereocenters. The second kappa shape index (κ2) is 5.63. The molecule has 0 atom stereocenters. The van der Waals surface area contributed by atoms with E-state index in [1.165, 1.54) is 0 Å². The predicted molar refractivity (Wildman–Crippen MR) is 82.7 cm³/mol. The van der Waals surface area contributed by atoms with Gasteiger partial charge in [0.15, 0.2) is 0 Å². The van der Waals surface area contributed by atoms with E-state index < -0.39 is 0 Å². The van der Waals surface area contributed by atoms with Crippen molar-refractivity contribution in [2.45, 2.75) is 6.92 Å². The van der Waals surface area contributed by atoms with Gasteiger partial charge in [-0.1, -0.05) is 27.5 Å². The van der Waals surface area contributed by atoms with Gasteiger partial charge in [-0.15, -0.1) is 0 Å². The summed E-state index contributed by atoms with van der Waals surface area (Å²) < 4.78 is 0.801. The molecule has 0 aliphatic heterocycles. The lowest BCUT2D eigenvalue weighted by molar-refractivity contribution is 0.102. The van der Waals surface area contributed by atoms with Crippen molar-refractivity contribution < 1.29 is 4.79 Å². The van der Waals surface area contributed by atoms with Crippen LogP contribution in [0.2, 0.25) is 5.02 Å². The first kappa shape index (κ1) is 13.9. The van der Waals surface area contributed by atoms with Crippen molar-refractivity contribution in [2.75, 3.05) is 11.1 Å². The standard InChI is InChI=1S/C14H12BrClN2O/c1-8-6-10(3-5-13(8)17)18-14(19)11-7-9(15)2-4-12(11)16/h2-7H,17H2,1H3,(H,18,19). The van der Waals surface area contributed by atoms with E-state index in [9.17, 15) is 4.79 Å². The van der Waals surface area contributed by atoms with Crippen molar-refractivity contribution >= 4 is 44.8 Å². The van der Waals surface area contributed by atoms with Gasteiger partial charge in [-0.3, -0.25) is 4.79 Å². The summed E-state index contributed by atoms with van der Waals surface area (Å²) in [5.41, 5.74) is 8.45. The summed E-state index contributed by atoms with van der Waals surface area (Å²) in [4.78, 5) is 12.1. The summed E-state index contributed by atoms with van der Waals surface area (Å²) in [6.45, 7) is 1.89. The van der Waals surface area contributed by atoms with Gasteiger partial charge in [0.25, 0.3) is 5.91 Å². The Hall–Kier alpha value is -1.52. The van der Waals surface area contributed by atoms with Gasteiger partial charge in [0.2, 0.25) is 0 Å². The number of anilines is 2. The fraction of sp³-hybridized carbons (Fsp3) is 0.0714. The minimum atomic E-state index is -0.254. The number of nitrogens with one attached hydrogen (secondary N) is 1. The molecule has 0 radical (unpaired) electrons. The average Bonchev–Trinajstić information content (AvgIpc) is 2.36. The zero-order valence-corrected chi connectivity index (χ0v) is 12.5. The zero-order valence-electron chi connectivity index (χ0n) is 10.2. The molecule has 0 spiro atoms. The number of carbonyl (C=O) groups is 1. The summed E-state index contributed by atoms with van der Waals surface area (Å²) in [5.74, 6) is -0.254. The van der Waals surface area contributed by atoms with Crippen LogP contribution in [-0.2, 0) is 0 Å². The highest BCUT2D eigenvalue weighted by Crippen LogP contribution is 2.23. The molecule has 3 N–H and O–H groups in total. The Bertz CT molecular complexity index is 643. The van der Waals surface area contributed by atoms with E-state index in [4.69, 9.17) is 17.3 Å². The molecule has 3 nitrogen and oxygen atoms in total. The lowest BCUT2D eigenvalue weighted by Crippen LogP contribution is -2.12. The molecule has 2 aromatic carbocycles. The van der Waals surface area contributed by atoms with E-state index in [0.29, 0.717) is 22.0 Å². The number of hydrogen-bond donors (Lipinski definition) is 2. The smallest absolute Gasteiger partial charge is 0.257 e. The predicted octanol–water partition coefficient (Wildman–Crippen LogP) is 4.25. The molecule has 0 fully saturated rings. The van der Waals surface area contributed by atoms with Crippen LogP contribution < -0.4 is 11.1 Å². The molecule has 19 heavy (non-hydrogen) atoms. The largest absolute Gasteiger partial charge is 0.399 e. The number of nitrogen functional groups attached to an aromatic ring is 1. The van der Waals surface area contributed by atoms with Gasteiger partial charge in [0.05, 0.1) is 10.6 Å². The minimum Gasteiger partial charge on any atom is -0.399 e. The second-order valence-electron chi connectivity index (χ2n) is 4.15. The van der Waals surface area contributed by atoms with Gasteiger partial charge < -0.3 is 11.1 Å². The van der Waals surface area contributed by atoms with E-state index in [1.54, 1.807) is 30.3 Å². The fourth-order valence-electron chi connectivity index (χ4n) is 1.62. The molecule has 0 bridgehead atoms. The van der Waals surface area contributed by atoms with E-state index >= 15 is 0 Å². The number of benzene rings is 2. The summed E-state index contributed by atoms with van der Waals surface area (Å²) in [7, 11) is 0. The van der Waals surface area contributed by atoms with Crippen LogP contribution in [0.25, 0.3) is 0 Å². The normalized spacial score (nSPS) is 10.3. The summed E-state index contributed by atoms with van der Waals surface area (Å²) in [6, 6.07) is 10.5. The van der Waals surface area contributed by atoms with E-state index in [1.807, 2.05) is 13.0 Å². The van der Waals surface area contributed by atoms with Gasteiger partial charge in [-0.25, -0.2) is 0 Å². The lowest BCUT2D eigenvalue weighted by atomic mass is 10.1. The van der Waals surface area contributed by atoms with Crippen molar-refractivity contribution in [2.24, 2.45) is 0 Å². The fourth-order valence-corrected chi connectivity index (χ4v) is 2.19. The first-order valence-electron chi connectivity index (χ1n) is 5.60. The van der Waals surface area contributed by atoms with Gasteiger partial charge in [0.1, 0.15) is 0 Å². The Morgan fingerprint density at radius 2 is 2.00 bits per heavy atom. The van der Waals surface area contributed by atoms with Crippen LogP contribution in [0.5, 0.6) is 0 Å². The molecule has 0 aliphatic rings. The minimum absolute atomic E-state index is 0.254. The molecule has 0 saturated carbocycles. The molecule has 0 aliphatic carbocycles. The molecule has 0 saturated heterocycles. The summed E-state index contributed by atoms with van der Waals surface area (Å²) >= 11 is 9.33. The quantitative estimate of drug-likeness (QED) is 0.804. The number of nitrogens with two attached hydrogens (primary N) is 1.